The van der Waals surface area contributed by atoms with Crippen molar-refractivity contribution in [1.29, 1.82) is 0 Å². The second kappa shape index (κ2) is 8.03. The SMILES string of the molecule is CNCC1CCN(S(=O)(=O)NCCc2ccc(Br)s2)CC1. The number of hydrogen-bond acceptors (Lipinski definition) is 4. The Kier molecular flexibility index (Phi) is 6.64. The molecule has 2 rings (SSSR count). The topological polar surface area (TPSA) is 61.4 Å². The van der Waals surface area contributed by atoms with E-state index in [0.29, 0.717) is 25.6 Å². The average Bonchev–Trinajstić information content (AvgIpc) is 2.85. The Morgan fingerprint density at radius 2 is 2.10 bits per heavy atom. The van der Waals surface area contributed by atoms with Crippen LogP contribution in [-0.2, 0) is 16.6 Å². The third-order valence-corrected chi connectivity index (χ3v) is 6.99. The van der Waals surface area contributed by atoms with E-state index in [1.54, 1.807) is 15.6 Å². The molecule has 1 aliphatic rings. The second-order valence-corrected chi connectivity index (χ2v) is 9.56. The first-order chi connectivity index (χ1) is 10.0. The number of rotatable bonds is 7. The predicted octanol–water partition coefficient (Wildman–Crippen LogP) is 1.82. The zero-order chi connectivity index (χ0) is 15.3. The fraction of sp³-hybridized carbons (Fsp3) is 0.692. The largest absolute Gasteiger partial charge is 0.319 e. The van der Waals surface area contributed by atoms with Gasteiger partial charge in [0.25, 0.3) is 10.2 Å². The molecule has 0 bridgehead atoms. The van der Waals surface area contributed by atoms with Crippen molar-refractivity contribution in [3.63, 3.8) is 0 Å². The van der Waals surface area contributed by atoms with E-state index in [1.165, 1.54) is 4.88 Å². The molecule has 0 amide bonds. The highest BCUT2D eigenvalue weighted by Gasteiger charge is 2.27. The number of thiophene rings is 1. The Hall–Kier alpha value is 0.01000. The van der Waals surface area contributed by atoms with E-state index >= 15 is 0 Å². The number of halogens is 1. The Labute approximate surface area is 139 Å². The first-order valence-electron chi connectivity index (χ1n) is 7.15. The predicted molar refractivity (Wildman–Crippen MR) is 90.9 cm³/mol. The summed E-state index contributed by atoms with van der Waals surface area (Å²) >= 11 is 5.05. The molecule has 0 radical (unpaired) electrons. The van der Waals surface area contributed by atoms with Crippen LogP contribution in [0.4, 0.5) is 0 Å². The van der Waals surface area contributed by atoms with Gasteiger partial charge in [-0.25, -0.2) is 4.72 Å². The normalized spacial score (nSPS) is 18.2. The van der Waals surface area contributed by atoms with Crippen LogP contribution in [0, 0.1) is 5.92 Å². The Morgan fingerprint density at radius 3 is 2.67 bits per heavy atom. The maximum absolute atomic E-state index is 12.2. The third kappa shape index (κ3) is 5.30. The monoisotopic (exact) mass is 395 g/mol. The molecule has 2 N–H and O–H groups in total. The Bertz CT molecular complexity index is 539. The van der Waals surface area contributed by atoms with Gasteiger partial charge in [-0.05, 0) is 66.8 Å². The van der Waals surface area contributed by atoms with Crippen molar-refractivity contribution in [2.45, 2.75) is 19.3 Å². The number of nitrogens with one attached hydrogen (secondary N) is 2. The second-order valence-electron chi connectivity index (χ2n) is 5.26. The lowest BCUT2D eigenvalue weighted by Gasteiger charge is -2.31. The zero-order valence-corrected chi connectivity index (χ0v) is 15.4. The van der Waals surface area contributed by atoms with E-state index in [2.05, 4.69) is 26.0 Å². The summed E-state index contributed by atoms with van der Waals surface area (Å²) in [6.07, 6.45) is 2.59. The zero-order valence-electron chi connectivity index (χ0n) is 12.1. The molecule has 5 nitrogen and oxygen atoms in total. The minimum Gasteiger partial charge on any atom is -0.319 e. The summed E-state index contributed by atoms with van der Waals surface area (Å²) in [5.74, 6) is 0.588. The highest BCUT2D eigenvalue weighted by molar-refractivity contribution is 9.11. The summed E-state index contributed by atoms with van der Waals surface area (Å²) in [4.78, 5) is 1.18. The van der Waals surface area contributed by atoms with Crippen molar-refractivity contribution >= 4 is 37.5 Å². The quantitative estimate of drug-likeness (QED) is 0.739. The molecular formula is C13H22BrN3O2S2. The summed E-state index contributed by atoms with van der Waals surface area (Å²) < 4.78 is 29.8. The Balaban J connectivity index is 1.77. The van der Waals surface area contributed by atoms with E-state index in [1.807, 2.05) is 19.2 Å². The molecule has 0 saturated carbocycles. The molecule has 21 heavy (non-hydrogen) atoms. The van der Waals surface area contributed by atoms with Crippen LogP contribution in [0.2, 0.25) is 0 Å². The Morgan fingerprint density at radius 1 is 1.38 bits per heavy atom. The van der Waals surface area contributed by atoms with Crippen LogP contribution in [0.25, 0.3) is 0 Å². The minimum atomic E-state index is -3.33. The molecule has 0 aromatic carbocycles. The van der Waals surface area contributed by atoms with Gasteiger partial charge in [-0.2, -0.15) is 12.7 Å². The summed E-state index contributed by atoms with van der Waals surface area (Å²) in [6.45, 7) is 2.65. The molecule has 0 atom stereocenters. The lowest BCUT2D eigenvalue weighted by atomic mass is 9.98. The van der Waals surface area contributed by atoms with E-state index in [-0.39, 0.29) is 0 Å². The van der Waals surface area contributed by atoms with Crippen molar-refractivity contribution in [2.24, 2.45) is 5.92 Å². The lowest BCUT2D eigenvalue weighted by Crippen LogP contribution is -2.46. The van der Waals surface area contributed by atoms with Crippen LogP contribution in [0.3, 0.4) is 0 Å². The van der Waals surface area contributed by atoms with Gasteiger partial charge < -0.3 is 5.32 Å². The van der Waals surface area contributed by atoms with E-state index in [9.17, 15) is 8.42 Å². The van der Waals surface area contributed by atoms with Gasteiger partial charge in [-0.1, -0.05) is 0 Å². The summed E-state index contributed by atoms with van der Waals surface area (Å²) in [5, 5.41) is 3.16. The molecule has 0 aliphatic carbocycles. The molecule has 1 fully saturated rings. The van der Waals surface area contributed by atoms with Gasteiger partial charge in [0.1, 0.15) is 0 Å². The van der Waals surface area contributed by atoms with Gasteiger partial charge in [0, 0.05) is 24.5 Å². The lowest BCUT2D eigenvalue weighted by molar-refractivity contribution is 0.268. The molecule has 2 heterocycles. The van der Waals surface area contributed by atoms with E-state index < -0.39 is 10.2 Å². The van der Waals surface area contributed by atoms with Crippen molar-refractivity contribution in [2.75, 3.05) is 33.2 Å². The van der Waals surface area contributed by atoms with Crippen LogP contribution < -0.4 is 10.0 Å². The molecular weight excluding hydrogens is 374 g/mol. The molecule has 8 heteroatoms. The minimum absolute atomic E-state index is 0.450. The number of piperidine rings is 1. The molecule has 1 aliphatic heterocycles. The van der Waals surface area contributed by atoms with Crippen LogP contribution in [0.15, 0.2) is 15.9 Å². The maximum Gasteiger partial charge on any atom is 0.279 e. The van der Waals surface area contributed by atoms with Crippen molar-refractivity contribution in [3.05, 3.63) is 20.8 Å². The van der Waals surface area contributed by atoms with Crippen molar-refractivity contribution in [3.8, 4) is 0 Å². The molecule has 0 spiro atoms. The standard InChI is InChI=1S/C13H22BrN3O2S2/c1-15-10-11-5-8-17(9-6-11)21(18,19)16-7-4-12-2-3-13(14)20-12/h2-3,11,15-16H,4-10H2,1H3. The first kappa shape index (κ1) is 17.4. The summed E-state index contributed by atoms with van der Waals surface area (Å²) in [6, 6.07) is 4.01. The van der Waals surface area contributed by atoms with Gasteiger partial charge >= 0.3 is 0 Å². The van der Waals surface area contributed by atoms with Crippen LogP contribution in [-0.4, -0.2) is 45.9 Å². The number of hydrogen-bond donors (Lipinski definition) is 2. The van der Waals surface area contributed by atoms with Gasteiger partial charge in [0.15, 0.2) is 0 Å². The first-order valence-corrected chi connectivity index (χ1v) is 10.2. The van der Waals surface area contributed by atoms with Crippen molar-refractivity contribution in [1.82, 2.24) is 14.3 Å². The molecule has 1 aromatic rings. The summed E-state index contributed by atoms with van der Waals surface area (Å²) in [7, 11) is -1.39. The van der Waals surface area contributed by atoms with E-state index in [0.717, 1.165) is 29.6 Å². The molecule has 1 aromatic heterocycles. The van der Waals surface area contributed by atoms with Gasteiger partial charge in [-0.3, -0.25) is 0 Å². The fourth-order valence-electron chi connectivity index (χ4n) is 2.52. The fourth-order valence-corrected chi connectivity index (χ4v) is 5.24. The number of nitrogens with zero attached hydrogens (tertiary/aromatic N) is 1. The molecule has 1 saturated heterocycles. The highest BCUT2D eigenvalue weighted by Crippen LogP contribution is 2.22. The van der Waals surface area contributed by atoms with Crippen LogP contribution in [0.5, 0.6) is 0 Å². The van der Waals surface area contributed by atoms with Gasteiger partial charge in [-0.15, -0.1) is 11.3 Å². The third-order valence-electron chi connectivity index (χ3n) is 3.69. The highest BCUT2D eigenvalue weighted by atomic mass is 79.9. The smallest absolute Gasteiger partial charge is 0.279 e. The van der Waals surface area contributed by atoms with Gasteiger partial charge in [0.05, 0.1) is 3.79 Å². The summed E-state index contributed by atoms with van der Waals surface area (Å²) in [5.41, 5.74) is 0. The molecule has 0 unspecified atom stereocenters. The molecule has 120 valence electrons. The van der Waals surface area contributed by atoms with Crippen LogP contribution in [0.1, 0.15) is 17.7 Å². The van der Waals surface area contributed by atoms with Crippen molar-refractivity contribution < 1.29 is 8.42 Å². The average molecular weight is 396 g/mol. The van der Waals surface area contributed by atoms with E-state index in [4.69, 9.17) is 0 Å². The van der Waals surface area contributed by atoms with Gasteiger partial charge in [0.2, 0.25) is 0 Å². The van der Waals surface area contributed by atoms with Crippen LogP contribution >= 0.6 is 27.3 Å². The maximum atomic E-state index is 12.2.